The fraction of sp³-hybridized carbons (Fsp3) is 0.556. The Labute approximate surface area is 125 Å². The predicted octanol–water partition coefficient (Wildman–Crippen LogP) is 5.19. The van der Waals surface area contributed by atoms with Gasteiger partial charge in [-0.05, 0) is 55.5 Å². The lowest BCUT2D eigenvalue weighted by Gasteiger charge is -2.33. The first-order valence-electron chi connectivity index (χ1n) is 8.05. The zero-order valence-corrected chi connectivity index (χ0v) is 12.9. The fourth-order valence-electron chi connectivity index (χ4n) is 3.63. The Morgan fingerprint density at radius 2 is 2.05 bits per heavy atom. The number of rotatable bonds is 5. The van der Waals surface area contributed by atoms with E-state index in [9.17, 15) is 4.39 Å². The highest BCUT2D eigenvalue weighted by molar-refractivity contribution is 5.78. The van der Waals surface area contributed by atoms with Crippen molar-refractivity contribution in [3.63, 3.8) is 0 Å². The number of fused-ring (bicyclic) bond motifs is 1. The quantitative estimate of drug-likeness (QED) is 0.819. The van der Waals surface area contributed by atoms with Crippen molar-refractivity contribution in [3.8, 4) is 0 Å². The van der Waals surface area contributed by atoms with Crippen LogP contribution < -0.4 is 5.32 Å². The largest absolute Gasteiger partial charge is 0.459 e. The summed E-state index contributed by atoms with van der Waals surface area (Å²) in [6.45, 7) is 5.50. The molecule has 3 heteroatoms. The Kier molecular flexibility index (Phi) is 4.03. The van der Waals surface area contributed by atoms with E-state index in [0.717, 1.165) is 29.7 Å². The lowest BCUT2D eigenvalue weighted by atomic mass is 9.79. The first kappa shape index (κ1) is 14.6. The number of hydrogen-bond donors (Lipinski definition) is 1. The maximum absolute atomic E-state index is 13.4. The van der Waals surface area contributed by atoms with Gasteiger partial charge in [0.1, 0.15) is 17.2 Å². The maximum Gasteiger partial charge on any atom is 0.134 e. The van der Waals surface area contributed by atoms with E-state index in [2.05, 4.69) is 19.2 Å². The molecule has 1 aliphatic carbocycles. The molecule has 0 bridgehead atoms. The van der Waals surface area contributed by atoms with Gasteiger partial charge in [0, 0.05) is 5.39 Å². The van der Waals surface area contributed by atoms with Crippen LogP contribution in [0.4, 0.5) is 4.39 Å². The second-order valence-corrected chi connectivity index (χ2v) is 6.58. The first-order valence-corrected chi connectivity index (χ1v) is 8.05. The van der Waals surface area contributed by atoms with E-state index in [1.54, 1.807) is 12.1 Å². The van der Waals surface area contributed by atoms with Crippen molar-refractivity contribution in [1.29, 1.82) is 0 Å². The van der Waals surface area contributed by atoms with Crippen molar-refractivity contribution in [3.05, 3.63) is 35.8 Å². The van der Waals surface area contributed by atoms with Gasteiger partial charge in [-0.25, -0.2) is 4.39 Å². The Morgan fingerprint density at radius 3 is 2.76 bits per heavy atom. The van der Waals surface area contributed by atoms with E-state index in [-0.39, 0.29) is 17.3 Å². The van der Waals surface area contributed by atoms with E-state index in [4.69, 9.17) is 4.42 Å². The summed E-state index contributed by atoms with van der Waals surface area (Å²) >= 11 is 0. The van der Waals surface area contributed by atoms with Crippen molar-refractivity contribution in [1.82, 2.24) is 5.32 Å². The third kappa shape index (κ3) is 2.84. The minimum atomic E-state index is -0.208. The van der Waals surface area contributed by atoms with Crippen molar-refractivity contribution >= 4 is 11.0 Å². The minimum Gasteiger partial charge on any atom is -0.459 e. The van der Waals surface area contributed by atoms with Gasteiger partial charge >= 0.3 is 0 Å². The summed E-state index contributed by atoms with van der Waals surface area (Å²) in [6.07, 6.45) is 6.12. The summed E-state index contributed by atoms with van der Waals surface area (Å²) in [4.78, 5) is 0. The zero-order valence-electron chi connectivity index (χ0n) is 12.9. The highest BCUT2D eigenvalue weighted by Gasteiger charge is 2.39. The van der Waals surface area contributed by atoms with Crippen LogP contribution in [0.1, 0.15) is 57.8 Å². The summed E-state index contributed by atoms with van der Waals surface area (Å²) in [5.41, 5.74) is 1.01. The standard InChI is InChI=1S/C18H24FNO/c1-3-10-20-17(18(2)8-4-5-9-18)16-12-13-11-14(19)6-7-15(13)21-16/h6-7,11-12,17,20H,3-5,8-10H2,1-2H3. The Morgan fingerprint density at radius 1 is 1.29 bits per heavy atom. The summed E-state index contributed by atoms with van der Waals surface area (Å²) in [5, 5.41) is 4.51. The maximum atomic E-state index is 13.4. The molecule has 2 nitrogen and oxygen atoms in total. The van der Waals surface area contributed by atoms with Crippen LogP contribution in [0, 0.1) is 11.2 Å². The molecule has 1 fully saturated rings. The van der Waals surface area contributed by atoms with Gasteiger partial charge in [-0.1, -0.05) is 26.7 Å². The Hall–Kier alpha value is -1.35. The lowest BCUT2D eigenvalue weighted by molar-refractivity contribution is 0.199. The molecule has 3 rings (SSSR count). The molecular formula is C18H24FNO. The molecule has 0 radical (unpaired) electrons. The summed E-state index contributed by atoms with van der Waals surface area (Å²) in [6, 6.07) is 6.96. The van der Waals surface area contributed by atoms with Gasteiger partial charge in [-0.3, -0.25) is 0 Å². The molecular weight excluding hydrogens is 265 g/mol. The molecule has 1 heterocycles. The lowest BCUT2D eigenvalue weighted by Crippen LogP contribution is -2.34. The van der Waals surface area contributed by atoms with Gasteiger partial charge in [-0.15, -0.1) is 0 Å². The van der Waals surface area contributed by atoms with Gasteiger partial charge < -0.3 is 9.73 Å². The molecule has 1 unspecified atom stereocenters. The van der Waals surface area contributed by atoms with Gasteiger partial charge in [0.25, 0.3) is 0 Å². The Bertz CT molecular complexity index is 613. The second kappa shape index (κ2) is 5.80. The second-order valence-electron chi connectivity index (χ2n) is 6.58. The van der Waals surface area contributed by atoms with Gasteiger partial charge in [0.15, 0.2) is 0 Å². The summed E-state index contributed by atoms with van der Waals surface area (Å²) in [5.74, 6) is 0.744. The van der Waals surface area contributed by atoms with Crippen LogP contribution in [0.3, 0.4) is 0 Å². The van der Waals surface area contributed by atoms with Gasteiger partial charge in [0.2, 0.25) is 0 Å². The van der Waals surface area contributed by atoms with Gasteiger partial charge in [-0.2, -0.15) is 0 Å². The molecule has 0 saturated heterocycles. The SMILES string of the molecule is CCCNC(c1cc2cc(F)ccc2o1)C1(C)CCCC1. The van der Waals surface area contributed by atoms with Crippen LogP contribution in [0.5, 0.6) is 0 Å². The van der Waals surface area contributed by atoms with E-state index >= 15 is 0 Å². The fourth-order valence-corrected chi connectivity index (χ4v) is 3.63. The smallest absolute Gasteiger partial charge is 0.134 e. The monoisotopic (exact) mass is 289 g/mol. The molecule has 1 atom stereocenters. The molecule has 1 aliphatic rings. The van der Waals surface area contributed by atoms with Crippen molar-refractivity contribution in [2.75, 3.05) is 6.54 Å². The Balaban J connectivity index is 1.96. The van der Waals surface area contributed by atoms with Crippen LogP contribution in [-0.2, 0) is 0 Å². The van der Waals surface area contributed by atoms with E-state index in [0.29, 0.717) is 0 Å². The highest BCUT2D eigenvalue weighted by atomic mass is 19.1. The van der Waals surface area contributed by atoms with Crippen LogP contribution in [0.15, 0.2) is 28.7 Å². The predicted molar refractivity (Wildman–Crippen MR) is 83.8 cm³/mol. The van der Waals surface area contributed by atoms with Crippen LogP contribution in [-0.4, -0.2) is 6.54 Å². The molecule has 1 aromatic heterocycles. The minimum absolute atomic E-state index is 0.208. The first-order chi connectivity index (χ1) is 10.1. The topological polar surface area (TPSA) is 25.2 Å². The molecule has 1 N–H and O–H groups in total. The number of nitrogens with one attached hydrogen (secondary N) is 1. The van der Waals surface area contributed by atoms with E-state index < -0.39 is 0 Å². The number of benzene rings is 1. The average Bonchev–Trinajstić information content (AvgIpc) is 3.06. The average molecular weight is 289 g/mol. The number of halogens is 1. The molecule has 1 aromatic carbocycles. The number of furan rings is 1. The van der Waals surface area contributed by atoms with E-state index in [1.165, 1.54) is 31.7 Å². The molecule has 1 saturated carbocycles. The molecule has 2 aromatic rings. The van der Waals surface area contributed by atoms with E-state index in [1.807, 2.05) is 6.07 Å². The zero-order chi connectivity index (χ0) is 14.9. The third-order valence-corrected chi connectivity index (χ3v) is 4.82. The third-order valence-electron chi connectivity index (χ3n) is 4.82. The van der Waals surface area contributed by atoms with Crippen molar-refractivity contribution < 1.29 is 8.81 Å². The number of hydrogen-bond acceptors (Lipinski definition) is 2. The van der Waals surface area contributed by atoms with Crippen LogP contribution in [0.2, 0.25) is 0 Å². The summed E-state index contributed by atoms with van der Waals surface area (Å²) in [7, 11) is 0. The summed E-state index contributed by atoms with van der Waals surface area (Å²) < 4.78 is 19.4. The van der Waals surface area contributed by atoms with Gasteiger partial charge in [0.05, 0.1) is 6.04 Å². The molecule has 0 amide bonds. The van der Waals surface area contributed by atoms with Crippen LogP contribution in [0.25, 0.3) is 11.0 Å². The molecule has 0 aliphatic heterocycles. The normalized spacial score (nSPS) is 19.2. The van der Waals surface area contributed by atoms with Crippen molar-refractivity contribution in [2.45, 2.75) is 52.0 Å². The van der Waals surface area contributed by atoms with Crippen molar-refractivity contribution in [2.24, 2.45) is 5.41 Å². The molecule has 114 valence electrons. The highest BCUT2D eigenvalue weighted by Crippen LogP contribution is 2.48. The van der Waals surface area contributed by atoms with Crippen LogP contribution >= 0.6 is 0 Å². The molecule has 21 heavy (non-hydrogen) atoms. The molecule has 0 spiro atoms.